The zero-order chi connectivity index (χ0) is 20.4. The molecule has 4 rings (SSSR count). The van der Waals surface area contributed by atoms with E-state index in [1.807, 2.05) is 30.3 Å². The van der Waals surface area contributed by atoms with Crippen LogP contribution in [0.25, 0.3) is 10.8 Å². The molecule has 144 valence electrons. The molecule has 0 bridgehead atoms. The molecular formula is C22H17N3O4. The summed E-state index contributed by atoms with van der Waals surface area (Å²) in [5.74, 6) is 0.745. The molecule has 0 spiro atoms. The van der Waals surface area contributed by atoms with Crippen LogP contribution in [0.4, 0.5) is 17.1 Å². The van der Waals surface area contributed by atoms with Crippen LogP contribution in [0.2, 0.25) is 0 Å². The van der Waals surface area contributed by atoms with Crippen LogP contribution in [0.5, 0.6) is 11.5 Å². The van der Waals surface area contributed by atoms with Crippen molar-refractivity contribution in [2.45, 2.75) is 0 Å². The molecule has 0 saturated carbocycles. The van der Waals surface area contributed by atoms with Gasteiger partial charge in [0.2, 0.25) is 0 Å². The fourth-order valence-electron chi connectivity index (χ4n) is 3.02. The quantitative estimate of drug-likeness (QED) is 0.267. The molecule has 7 nitrogen and oxygen atoms in total. The summed E-state index contributed by atoms with van der Waals surface area (Å²) in [6.07, 6.45) is 1.42. The monoisotopic (exact) mass is 387 g/mol. The second-order valence-electron chi connectivity index (χ2n) is 6.35. The number of hydrogen-bond acceptors (Lipinski definition) is 7. The number of ether oxygens (including phenoxy) is 1. The largest absolute Gasteiger partial charge is 0.507 e. The van der Waals surface area contributed by atoms with Gasteiger partial charge in [-0.2, -0.15) is 5.10 Å². The van der Waals surface area contributed by atoms with Crippen LogP contribution in [0, 0.1) is 0 Å². The third-order valence-corrected chi connectivity index (χ3v) is 4.59. The van der Waals surface area contributed by atoms with Crippen molar-refractivity contribution in [2.24, 2.45) is 5.10 Å². The molecule has 3 N–H and O–H groups in total. The maximum atomic E-state index is 11.9. The number of hydrazone groups is 1. The topological polar surface area (TPSA) is 100 Å². The van der Waals surface area contributed by atoms with Gasteiger partial charge in [-0.25, -0.2) is 0 Å². The van der Waals surface area contributed by atoms with Gasteiger partial charge in [0.05, 0.1) is 13.3 Å². The highest BCUT2D eigenvalue weighted by molar-refractivity contribution is 6.02. The molecule has 0 aliphatic rings. The number of fused-ring (bicyclic) bond motifs is 1. The van der Waals surface area contributed by atoms with Crippen LogP contribution in [0.1, 0.15) is 5.56 Å². The standard InChI is InChI=1S/C22H17N3O4/c1-29-15-9-7-14(8-10-15)24-19-20(22(28)21(19)27)25-23-12-17-16-5-3-2-4-13(16)6-11-18(17)26/h2-12,24-26H,1H3. The Labute approximate surface area is 165 Å². The van der Waals surface area contributed by atoms with E-state index >= 15 is 0 Å². The predicted octanol–water partition coefficient (Wildman–Crippen LogP) is 3.34. The van der Waals surface area contributed by atoms with Crippen LogP contribution in [-0.4, -0.2) is 18.4 Å². The molecular weight excluding hydrogens is 370 g/mol. The Hall–Kier alpha value is -4.13. The summed E-state index contributed by atoms with van der Waals surface area (Å²) < 4.78 is 5.10. The lowest BCUT2D eigenvalue weighted by atomic mass is 10.0. The number of benzene rings is 3. The molecule has 0 unspecified atom stereocenters. The number of methoxy groups -OCH3 is 1. The van der Waals surface area contributed by atoms with Crippen LogP contribution in [0.3, 0.4) is 0 Å². The van der Waals surface area contributed by atoms with Gasteiger partial charge in [0.1, 0.15) is 22.9 Å². The number of hydrogen-bond donors (Lipinski definition) is 3. The molecule has 29 heavy (non-hydrogen) atoms. The minimum Gasteiger partial charge on any atom is -0.507 e. The van der Waals surface area contributed by atoms with E-state index in [4.69, 9.17) is 4.74 Å². The zero-order valence-electron chi connectivity index (χ0n) is 15.5. The van der Waals surface area contributed by atoms with E-state index < -0.39 is 10.9 Å². The minimum atomic E-state index is -0.652. The SMILES string of the molecule is COc1ccc(Nc2c(NN=Cc3c(O)ccc4ccccc34)c(=O)c2=O)cc1. The smallest absolute Gasteiger partial charge is 0.255 e. The molecule has 0 saturated heterocycles. The van der Waals surface area contributed by atoms with Gasteiger partial charge in [-0.05, 0) is 41.1 Å². The molecule has 4 aromatic rings. The van der Waals surface area contributed by atoms with E-state index in [0.29, 0.717) is 17.0 Å². The highest BCUT2D eigenvalue weighted by Gasteiger charge is 2.20. The summed E-state index contributed by atoms with van der Waals surface area (Å²) >= 11 is 0. The Kier molecular flexibility index (Phi) is 4.70. The molecule has 4 aromatic carbocycles. The molecule has 0 aliphatic carbocycles. The van der Waals surface area contributed by atoms with Crippen LogP contribution in [0.15, 0.2) is 75.4 Å². The summed E-state index contributed by atoms with van der Waals surface area (Å²) in [5, 5.41) is 18.9. The third-order valence-electron chi connectivity index (χ3n) is 4.59. The number of aromatic hydroxyl groups is 1. The van der Waals surface area contributed by atoms with E-state index in [1.54, 1.807) is 37.4 Å². The Bertz CT molecular complexity index is 1290. The first-order valence-electron chi connectivity index (χ1n) is 8.82. The highest BCUT2D eigenvalue weighted by atomic mass is 16.5. The Balaban J connectivity index is 1.57. The maximum Gasteiger partial charge on any atom is 0.255 e. The maximum absolute atomic E-state index is 11.9. The lowest BCUT2D eigenvalue weighted by Gasteiger charge is -2.13. The summed E-state index contributed by atoms with van der Waals surface area (Å²) in [5.41, 5.74) is 2.70. The molecule has 0 heterocycles. The van der Waals surface area contributed by atoms with Crippen molar-refractivity contribution in [2.75, 3.05) is 17.9 Å². The lowest BCUT2D eigenvalue weighted by Crippen LogP contribution is -2.35. The zero-order valence-corrected chi connectivity index (χ0v) is 15.5. The fourth-order valence-corrected chi connectivity index (χ4v) is 3.02. The van der Waals surface area contributed by atoms with E-state index in [2.05, 4.69) is 15.8 Å². The van der Waals surface area contributed by atoms with Gasteiger partial charge in [0, 0.05) is 11.3 Å². The van der Waals surface area contributed by atoms with Gasteiger partial charge < -0.3 is 15.2 Å². The number of nitrogens with zero attached hydrogens (tertiary/aromatic N) is 1. The Morgan fingerprint density at radius 3 is 2.41 bits per heavy atom. The molecule has 0 aromatic heterocycles. The first-order chi connectivity index (χ1) is 14.1. The van der Waals surface area contributed by atoms with Gasteiger partial charge >= 0.3 is 0 Å². The number of anilines is 3. The minimum absolute atomic E-state index is 0.0656. The van der Waals surface area contributed by atoms with Gasteiger partial charge in [0.25, 0.3) is 10.9 Å². The summed E-state index contributed by atoms with van der Waals surface area (Å²) in [6.45, 7) is 0. The summed E-state index contributed by atoms with van der Waals surface area (Å²) in [6, 6.07) is 17.9. The normalized spacial score (nSPS) is 11.2. The van der Waals surface area contributed by atoms with Gasteiger partial charge in [-0.15, -0.1) is 0 Å². The van der Waals surface area contributed by atoms with Crippen LogP contribution >= 0.6 is 0 Å². The molecule has 0 amide bonds. The van der Waals surface area contributed by atoms with Crippen LogP contribution < -0.4 is 26.3 Å². The number of nitrogens with one attached hydrogen (secondary N) is 2. The summed E-state index contributed by atoms with van der Waals surface area (Å²) in [7, 11) is 1.56. The Morgan fingerprint density at radius 2 is 1.66 bits per heavy atom. The van der Waals surface area contributed by atoms with E-state index in [1.165, 1.54) is 6.21 Å². The number of phenolic OH excluding ortho intramolecular Hbond substituents is 1. The highest BCUT2D eigenvalue weighted by Crippen LogP contribution is 2.26. The number of rotatable bonds is 6. The average molecular weight is 387 g/mol. The van der Waals surface area contributed by atoms with E-state index in [-0.39, 0.29) is 17.1 Å². The van der Waals surface area contributed by atoms with Crippen molar-refractivity contribution in [1.29, 1.82) is 0 Å². The van der Waals surface area contributed by atoms with Crippen molar-refractivity contribution in [3.05, 3.63) is 86.7 Å². The first kappa shape index (κ1) is 18.2. The van der Waals surface area contributed by atoms with Crippen LogP contribution in [-0.2, 0) is 0 Å². The van der Waals surface area contributed by atoms with Crippen molar-refractivity contribution >= 4 is 34.0 Å². The predicted molar refractivity (Wildman–Crippen MR) is 114 cm³/mol. The molecule has 7 heteroatoms. The third kappa shape index (κ3) is 3.41. The first-order valence-corrected chi connectivity index (χ1v) is 8.82. The number of phenols is 1. The van der Waals surface area contributed by atoms with Crippen molar-refractivity contribution < 1.29 is 9.84 Å². The molecule has 0 atom stereocenters. The van der Waals surface area contributed by atoms with Crippen molar-refractivity contribution in [1.82, 2.24) is 0 Å². The van der Waals surface area contributed by atoms with Gasteiger partial charge in [-0.3, -0.25) is 15.0 Å². The second-order valence-corrected chi connectivity index (χ2v) is 6.35. The second kappa shape index (κ2) is 7.47. The molecule has 0 fully saturated rings. The average Bonchev–Trinajstić information content (AvgIpc) is 2.76. The molecule has 0 aliphatic heterocycles. The summed E-state index contributed by atoms with van der Waals surface area (Å²) in [4.78, 5) is 23.9. The Morgan fingerprint density at radius 1 is 0.931 bits per heavy atom. The molecule has 0 radical (unpaired) electrons. The van der Waals surface area contributed by atoms with Crippen molar-refractivity contribution in [3.63, 3.8) is 0 Å². The lowest BCUT2D eigenvalue weighted by molar-refractivity contribution is 0.415. The van der Waals surface area contributed by atoms with E-state index in [9.17, 15) is 14.7 Å². The fraction of sp³-hybridized carbons (Fsp3) is 0.0455. The van der Waals surface area contributed by atoms with Gasteiger partial charge in [0.15, 0.2) is 0 Å². The van der Waals surface area contributed by atoms with Crippen molar-refractivity contribution in [3.8, 4) is 11.5 Å². The van der Waals surface area contributed by atoms with E-state index in [0.717, 1.165) is 10.8 Å². The van der Waals surface area contributed by atoms with Gasteiger partial charge in [-0.1, -0.05) is 30.3 Å².